The molecule has 0 atom stereocenters. The molecule has 5 nitrogen and oxygen atoms in total. The third-order valence-electron chi connectivity index (χ3n) is 4.00. The molecular weight excluding hydrogens is 336 g/mol. The smallest absolute Gasteiger partial charge is 0.268 e. The lowest BCUT2D eigenvalue weighted by atomic mass is 10.2. The molecule has 6 heteroatoms. The quantitative estimate of drug-likeness (QED) is 0.672. The molecule has 3 rings (SSSR count). The number of nitriles is 1. The highest BCUT2D eigenvalue weighted by atomic mass is 32.2. The Balaban J connectivity index is 2.34. The van der Waals surface area contributed by atoms with Gasteiger partial charge in [0.05, 0.1) is 16.5 Å². The Morgan fingerprint density at radius 1 is 1.04 bits per heavy atom. The molecule has 0 spiro atoms. The zero-order valence-corrected chi connectivity index (χ0v) is 14.7. The lowest BCUT2D eigenvalue weighted by Gasteiger charge is -2.11. The van der Waals surface area contributed by atoms with Crippen LogP contribution >= 0.6 is 0 Å². The van der Waals surface area contributed by atoms with Crippen LogP contribution in [0.1, 0.15) is 28.0 Å². The molecule has 1 aromatic heterocycles. The van der Waals surface area contributed by atoms with Crippen molar-refractivity contribution in [1.29, 1.82) is 5.26 Å². The van der Waals surface area contributed by atoms with E-state index in [1.54, 1.807) is 30.3 Å². The zero-order valence-electron chi connectivity index (χ0n) is 13.9. The topological polar surface area (TPSA) is 79.9 Å². The number of aromatic nitrogens is 1. The highest BCUT2D eigenvalue weighted by molar-refractivity contribution is 7.90. The van der Waals surface area contributed by atoms with Crippen molar-refractivity contribution in [2.75, 3.05) is 0 Å². The minimum atomic E-state index is -3.96. The van der Waals surface area contributed by atoms with Gasteiger partial charge in [-0.25, -0.2) is 12.4 Å². The Morgan fingerprint density at radius 3 is 2.32 bits per heavy atom. The fourth-order valence-corrected chi connectivity index (χ4v) is 4.24. The first-order chi connectivity index (χ1) is 11.8. The van der Waals surface area contributed by atoms with Gasteiger partial charge in [-0.1, -0.05) is 29.8 Å². The molecule has 3 aromatic rings. The normalized spacial score (nSPS) is 11.4. The van der Waals surface area contributed by atoms with Crippen LogP contribution in [-0.2, 0) is 10.0 Å². The van der Waals surface area contributed by atoms with E-state index in [1.807, 2.05) is 19.9 Å². The molecule has 0 amide bonds. The molecule has 0 aliphatic heterocycles. The average Bonchev–Trinajstić information content (AvgIpc) is 2.95. The van der Waals surface area contributed by atoms with E-state index in [2.05, 4.69) is 0 Å². The van der Waals surface area contributed by atoms with Crippen LogP contribution in [0, 0.1) is 25.2 Å². The third-order valence-corrected chi connectivity index (χ3v) is 5.74. The first-order valence-corrected chi connectivity index (χ1v) is 9.13. The Hall–Kier alpha value is -2.91. The van der Waals surface area contributed by atoms with Crippen molar-refractivity contribution in [3.8, 4) is 6.07 Å². The van der Waals surface area contributed by atoms with Crippen molar-refractivity contribution < 1.29 is 13.2 Å². The minimum absolute atomic E-state index is 0.00252. The number of carbonyl (C=O) groups excluding carboxylic acids is 1. The van der Waals surface area contributed by atoms with Gasteiger partial charge in [0.25, 0.3) is 10.0 Å². The van der Waals surface area contributed by atoms with Crippen molar-refractivity contribution >= 4 is 26.7 Å². The van der Waals surface area contributed by atoms with Gasteiger partial charge in [-0.3, -0.25) is 4.79 Å². The van der Waals surface area contributed by atoms with Crippen molar-refractivity contribution in [1.82, 2.24) is 3.97 Å². The van der Waals surface area contributed by atoms with Crippen LogP contribution < -0.4 is 0 Å². The molecule has 0 fully saturated rings. The van der Waals surface area contributed by atoms with E-state index >= 15 is 0 Å². The number of hydrogen-bond acceptors (Lipinski definition) is 4. The number of aryl methyl sites for hydroxylation is 2. The molecule has 0 unspecified atom stereocenters. The Morgan fingerprint density at radius 2 is 1.68 bits per heavy atom. The highest BCUT2D eigenvalue weighted by Gasteiger charge is 2.26. The van der Waals surface area contributed by atoms with Crippen LogP contribution in [0.2, 0.25) is 0 Å². The fourth-order valence-electron chi connectivity index (χ4n) is 2.72. The Labute approximate surface area is 146 Å². The third kappa shape index (κ3) is 2.94. The second-order valence-corrected chi connectivity index (χ2v) is 7.72. The van der Waals surface area contributed by atoms with E-state index in [9.17, 15) is 13.2 Å². The summed E-state index contributed by atoms with van der Waals surface area (Å²) in [4.78, 5) is 12.4. The van der Waals surface area contributed by atoms with E-state index in [4.69, 9.17) is 5.26 Å². The van der Waals surface area contributed by atoms with Gasteiger partial charge in [-0.2, -0.15) is 5.26 Å². The maximum absolute atomic E-state index is 13.2. The van der Waals surface area contributed by atoms with E-state index in [-0.39, 0.29) is 17.0 Å². The Kier molecular flexibility index (Phi) is 4.19. The summed E-state index contributed by atoms with van der Waals surface area (Å²) in [5.74, 6) is -0.521. The first kappa shape index (κ1) is 16.9. The summed E-state index contributed by atoms with van der Waals surface area (Å²) in [6.45, 7) is 3.72. The molecule has 0 bridgehead atoms. The SMILES string of the molecule is Cc1ccc(S(=O)(=O)n2c(C(=O)CC#N)cc3ccc(C)cc32)cc1. The van der Waals surface area contributed by atoms with E-state index < -0.39 is 15.8 Å². The molecule has 0 aliphatic rings. The number of ketones is 1. The van der Waals surface area contributed by atoms with Crippen molar-refractivity contribution in [3.05, 3.63) is 65.4 Å². The van der Waals surface area contributed by atoms with Crippen LogP contribution in [0.5, 0.6) is 0 Å². The summed E-state index contributed by atoms with van der Waals surface area (Å²) in [5.41, 5.74) is 2.25. The maximum atomic E-state index is 13.2. The van der Waals surface area contributed by atoms with Crippen molar-refractivity contribution in [2.24, 2.45) is 0 Å². The summed E-state index contributed by atoms with van der Waals surface area (Å²) >= 11 is 0. The van der Waals surface area contributed by atoms with Gasteiger partial charge in [-0.15, -0.1) is 0 Å². The second kappa shape index (κ2) is 6.19. The number of rotatable bonds is 4. The van der Waals surface area contributed by atoms with Crippen LogP contribution in [-0.4, -0.2) is 18.2 Å². The monoisotopic (exact) mass is 352 g/mol. The first-order valence-electron chi connectivity index (χ1n) is 7.69. The van der Waals surface area contributed by atoms with E-state index in [0.717, 1.165) is 15.1 Å². The van der Waals surface area contributed by atoms with Gasteiger partial charge in [0.15, 0.2) is 5.78 Å². The highest BCUT2D eigenvalue weighted by Crippen LogP contribution is 2.27. The van der Waals surface area contributed by atoms with E-state index in [0.29, 0.717) is 10.9 Å². The average molecular weight is 352 g/mol. The van der Waals surface area contributed by atoms with Crippen molar-refractivity contribution in [3.63, 3.8) is 0 Å². The second-order valence-electron chi connectivity index (χ2n) is 5.93. The van der Waals surface area contributed by atoms with Gasteiger partial charge in [0, 0.05) is 5.39 Å². The summed E-state index contributed by atoms with van der Waals surface area (Å²) in [5, 5.41) is 9.47. The molecule has 0 aliphatic carbocycles. The van der Waals surface area contributed by atoms with Crippen LogP contribution in [0.25, 0.3) is 10.9 Å². The molecule has 0 saturated carbocycles. The van der Waals surface area contributed by atoms with Gasteiger partial charge >= 0.3 is 0 Å². The predicted octanol–water partition coefficient (Wildman–Crippen LogP) is 3.59. The minimum Gasteiger partial charge on any atom is -0.291 e. The van der Waals surface area contributed by atoms with Crippen LogP contribution in [0.4, 0.5) is 0 Å². The molecule has 1 heterocycles. The van der Waals surface area contributed by atoms with Gasteiger partial charge in [-0.05, 0) is 43.7 Å². The molecule has 0 N–H and O–H groups in total. The molecule has 126 valence electrons. The Bertz CT molecular complexity index is 1120. The van der Waals surface area contributed by atoms with Crippen LogP contribution in [0.3, 0.4) is 0 Å². The summed E-state index contributed by atoms with van der Waals surface area (Å²) in [6, 6.07) is 15.1. The number of benzene rings is 2. The van der Waals surface area contributed by atoms with Gasteiger partial charge in [0.1, 0.15) is 12.1 Å². The molecule has 0 saturated heterocycles. The standard InChI is InChI=1S/C19H16N2O3S/c1-13-4-7-16(8-5-13)25(23,24)21-17-11-14(2)3-6-15(17)12-18(21)19(22)9-10-20/h3-8,11-12H,9H2,1-2H3. The summed E-state index contributed by atoms with van der Waals surface area (Å²) in [7, 11) is -3.96. The maximum Gasteiger partial charge on any atom is 0.268 e. The van der Waals surface area contributed by atoms with Gasteiger partial charge < -0.3 is 0 Å². The van der Waals surface area contributed by atoms with Crippen LogP contribution in [0.15, 0.2) is 53.4 Å². The number of fused-ring (bicyclic) bond motifs is 1. The largest absolute Gasteiger partial charge is 0.291 e. The van der Waals surface area contributed by atoms with Crippen molar-refractivity contribution in [2.45, 2.75) is 25.2 Å². The number of hydrogen-bond donors (Lipinski definition) is 0. The predicted molar refractivity (Wildman–Crippen MR) is 95.0 cm³/mol. The van der Waals surface area contributed by atoms with E-state index in [1.165, 1.54) is 18.2 Å². The summed E-state index contributed by atoms with van der Waals surface area (Å²) < 4.78 is 27.4. The number of carbonyl (C=O) groups is 1. The fraction of sp³-hybridized carbons (Fsp3) is 0.158. The molecule has 0 radical (unpaired) electrons. The lowest BCUT2D eigenvalue weighted by molar-refractivity contribution is 0.0992. The number of nitrogens with zero attached hydrogens (tertiary/aromatic N) is 2. The summed E-state index contributed by atoms with van der Waals surface area (Å²) in [6.07, 6.45) is -0.376. The lowest BCUT2D eigenvalue weighted by Crippen LogP contribution is -2.18. The van der Waals surface area contributed by atoms with Gasteiger partial charge in [0.2, 0.25) is 0 Å². The molecule has 25 heavy (non-hydrogen) atoms. The molecule has 2 aromatic carbocycles. The number of Topliss-reactive ketones (excluding diaryl/α,β-unsaturated/α-hetero) is 1. The zero-order chi connectivity index (χ0) is 18.2. The molecular formula is C19H16N2O3S.